The van der Waals surface area contributed by atoms with E-state index in [2.05, 4.69) is 15.7 Å². The van der Waals surface area contributed by atoms with Crippen molar-refractivity contribution in [2.45, 2.75) is 51.0 Å². The SMILES string of the molecule is COc1cc([C@H]2C[C@@H](C(F)(F)F)n3ncc(C(=O)NC(C)(C)C)c3N2)cc(OC)c1OC. The molecule has 176 valence electrons. The summed E-state index contributed by atoms with van der Waals surface area (Å²) < 4.78 is 58.6. The highest BCUT2D eigenvalue weighted by molar-refractivity contribution is 5.99. The molecule has 3 rings (SSSR count). The highest BCUT2D eigenvalue weighted by atomic mass is 19.4. The molecule has 2 atom stereocenters. The summed E-state index contributed by atoms with van der Waals surface area (Å²) in [6.07, 6.45) is -3.75. The second-order valence-electron chi connectivity index (χ2n) is 8.50. The summed E-state index contributed by atoms with van der Waals surface area (Å²) in [6.45, 7) is 5.35. The van der Waals surface area contributed by atoms with Crippen molar-refractivity contribution in [2.24, 2.45) is 0 Å². The first-order valence-corrected chi connectivity index (χ1v) is 9.92. The third-order valence-corrected chi connectivity index (χ3v) is 5.06. The van der Waals surface area contributed by atoms with Crippen LogP contribution in [0.5, 0.6) is 17.2 Å². The molecule has 0 saturated carbocycles. The van der Waals surface area contributed by atoms with Crippen LogP contribution in [0.25, 0.3) is 0 Å². The van der Waals surface area contributed by atoms with Crippen LogP contribution >= 0.6 is 0 Å². The second kappa shape index (κ2) is 8.44. The van der Waals surface area contributed by atoms with E-state index in [1.807, 2.05) is 0 Å². The molecular weight excluding hydrogens is 429 g/mol. The maximum Gasteiger partial charge on any atom is 0.410 e. The first kappa shape index (κ1) is 23.6. The number of aromatic nitrogens is 2. The third-order valence-electron chi connectivity index (χ3n) is 5.06. The van der Waals surface area contributed by atoms with Crippen LogP contribution in [0.4, 0.5) is 19.0 Å². The predicted molar refractivity (Wildman–Crippen MR) is 112 cm³/mol. The Balaban J connectivity index is 2.08. The molecular formula is C21H27F3N4O4. The van der Waals surface area contributed by atoms with Gasteiger partial charge < -0.3 is 24.8 Å². The molecule has 1 amide bonds. The van der Waals surface area contributed by atoms with E-state index < -0.39 is 29.7 Å². The Hall–Kier alpha value is -3.11. The lowest BCUT2D eigenvalue weighted by Crippen LogP contribution is -2.41. The summed E-state index contributed by atoms with van der Waals surface area (Å²) in [5.74, 6) is 0.447. The van der Waals surface area contributed by atoms with Gasteiger partial charge in [0, 0.05) is 12.0 Å². The van der Waals surface area contributed by atoms with E-state index in [0.717, 1.165) is 10.9 Å². The molecule has 11 heteroatoms. The summed E-state index contributed by atoms with van der Waals surface area (Å²) in [7, 11) is 4.30. The second-order valence-corrected chi connectivity index (χ2v) is 8.50. The van der Waals surface area contributed by atoms with Crippen LogP contribution in [0.3, 0.4) is 0 Å². The number of methoxy groups -OCH3 is 3. The van der Waals surface area contributed by atoms with Gasteiger partial charge in [0.05, 0.1) is 33.6 Å². The third kappa shape index (κ3) is 4.56. The van der Waals surface area contributed by atoms with Crippen LogP contribution in [0.2, 0.25) is 0 Å². The first-order valence-electron chi connectivity index (χ1n) is 9.92. The monoisotopic (exact) mass is 456 g/mol. The molecule has 0 unspecified atom stereocenters. The van der Waals surface area contributed by atoms with Crippen LogP contribution in [0, 0.1) is 0 Å². The highest BCUT2D eigenvalue weighted by Crippen LogP contribution is 2.47. The fourth-order valence-electron chi connectivity index (χ4n) is 3.66. The smallest absolute Gasteiger partial charge is 0.410 e. The summed E-state index contributed by atoms with van der Waals surface area (Å²) in [5, 5.41) is 9.70. The van der Waals surface area contributed by atoms with Crippen molar-refractivity contribution in [2.75, 3.05) is 26.6 Å². The van der Waals surface area contributed by atoms with Crippen molar-refractivity contribution in [1.29, 1.82) is 0 Å². The number of hydrogen-bond acceptors (Lipinski definition) is 6. The van der Waals surface area contributed by atoms with E-state index in [1.54, 1.807) is 32.9 Å². The Morgan fingerprint density at radius 1 is 1.12 bits per heavy atom. The summed E-state index contributed by atoms with van der Waals surface area (Å²) >= 11 is 0. The fourth-order valence-corrected chi connectivity index (χ4v) is 3.66. The minimum absolute atomic E-state index is 0.000855. The van der Waals surface area contributed by atoms with Crippen LogP contribution in [0.15, 0.2) is 18.3 Å². The van der Waals surface area contributed by atoms with Crippen molar-refractivity contribution >= 4 is 11.7 Å². The molecule has 0 saturated heterocycles. The number of rotatable bonds is 5. The Kier molecular flexibility index (Phi) is 6.21. The Bertz CT molecular complexity index is 973. The Morgan fingerprint density at radius 2 is 1.72 bits per heavy atom. The number of carbonyl (C=O) groups is 1. The zero-order chi connectivity index (χ0) is 23.8. The topological polar surface area (TPSA) is 86.6 Å². The van der Waals surface area contributed by atoms with E-state index in [-0.39, 0.29) is 17.8 Å². The fraction of sp³-hybridized carbons (Fsp3) is 0.524. The van der Waals surface area contributed by atoms with Crippen LogP contribution in [-0.2, 0) is 0 Å². The van der Waals surface area contributed by atoms with Crippen molar-refractivity contribution in [1.82, 2.24) is 15.1 Å². The largest absolute Gasteiger partial charge is 0.493 e. The van der Waals surface area contributed by atoms with E-state index in [9.17, 15) is 18.0 Å². The lowest BCUT2D eigenvalue weighted by molar-refractivity contribution is -0.173. The number of hydrogen-bond donors (Lipinski definition) is 2. The molecule has 1 aromatic heterocycles. The van der Waals surface area contributed by atoms with Crippen molar-refractivity contribution < 1.29 is 32.2 Å². The first-order chi connectivity index (χ1) is 14.9. The summed E-state index contributed by atoms with van der Waals surface area (Å²) in [6, 6.07) is 0.473. The molecule has 0 fully saturated rings. The number of amides is 1. The average molecular weight is 456 g/mol. The van der Waals surface area contributed by atoms with Gasteiger partial charge in [-0.25, -0.2) is 4.68 Å². The molecule has 2 heterocycles. The van der Waals surface area contributed by atoms with Crippen LogP contribution < -0.4 is 24.8 Å². The van der Waals surface area contributed by atoms with Gasteiger partial charge in [-0.15, -0.1) is 0 Å². The van der Waals surface area contributed by atoms with Gasteiger partial charge >= 0.3 is 6.18 Å². The average Bonchev–Trinajstić information content (AvgIpc) is 3.13. The van der Waals surface area contributed by atoms with Crippen LogP contribution in [0.1, 0.15) is 55.2 Å². The quantitative estimate of drug-likeness (QED) is 0.705. The van der Waals surface area contributed by atoms with Crippen molar-refractivity contribution in [3.05, 3.63) is 29.5 Å². The van der Waals surface area contributed by atoms with Gasteiger partial charge in [-0.3, -0.25) is 4.79 Å². The molecule has 32 heavy (non-hydrogen) atoms. The van der Waals surface area contributed by atoms with Crippen LogP contribution in [-0.4, -0.2) is 48.7 Å². The minimum atomic E-state index is -4.57. The van der Waals surface area contributed by atoms with Gasteiger partial charge in [0.1, 0.15) is 11.4 Å². The Labute approximate surface area is 184 Å². The number of benzene rings is 1. The zero-order valence-electron chi connectivity index (χ0n) is 18.8. The van der Waals surface area contributed by atoms with E-state index in [0.29, 0.717) is 22.8 Å². The molecule has 0 radical (unpaired) electrons. The van der Waals surface area contributed by atoms with Crippen molar-refractivity contribution in [3.8, 4) is 17.2 Å². The standard InChI is InChI=1S/C21H27F3N4O4/c1-20(2,3)27-19(29)12-10-25-28-16(21(22,23)24)9-13(26-18(12)28)11-7-14(30-4)17(32-6)15(8-11)31-5/h7-8,10,13,16,26H,9H2,1-6H3,(H,27,29)/t13-,16+/m1/s1. The molecule has 0 spiro atoms. The number of nitrogens with zero attached hydrogens (tertiary/aromatic N) is 2. The number of carbonyl (C=O) groups excluding carboxylic acids is 1. The summed E-state index contributed by atoms with van der Waals surface area (Å²) in [4.78, 5) is 12.7. The molecule has 2 N–H and O–H groups in total. The van der Waals surface area contributed by atoms with Gasteiger partial charge in [0.25, 0.3) is 5.91 Å². The maximum absolute atomic E-state index is 13.9. The number of fused-ring (bicyclic) bond motifs is 1. The molecule has 2 aromatic rings. The number of nitrogens with one attached hydrogen (secondary N) is 2. The lowest BCUT2D eigenvalue weighted by Gasteiger charge is -2.34. The number of ether oxygens (including phenoxy) is 3. The van der Waals surface area contributed by atoms with E-state index >= 15 is 0 Å². The number of anilines is 1. The maximum atomic E-state index is 13.9. The summed E-state index contributed by atoms with van der Waals surface area (Å²) in [5.41, 5.74) is -0.0465. The normalized spacial score (nSPS) is 18.4. The Morgan fingerprint density at radius 3 is 2.19 bits per heavy atom. The lowest BCUT2D eigenvalue weighted by atomic mass is 9.95. The van der Waals surface area contributed by atoms with Crippen molar-refractivity contribution in [3.63, 3.8) is 0 Å². The van der Waals surface area contributed by atoms with Gasteiger partial charge in [-0.2, -0.15) is 18.3 Å². The number of alkyl halides is 3. The predicted octanol–water partition coefficient (Wildman–Crippen LogP) is 4.10. The molecule has 1 aliphatic heterocycles. The molecule has 1 aromatic carbocycles. The van der Waals surface area contributed by atoms with Gasteiger partial charge in [0.2, 0.25) is 5.75 Å². The highest BCUT2D eigenvalue weighted by Gasteiger charge is 2.47. The van der Waals surface area contributed by atoms with Gasteiger partial charge in [-0.1, -0.05) is 0 Å². The molecule has 0 bridgehead atoms. The molecule has 1 aliphatic rings. The zero-order valence-corrected chi connectivity index (χ0v) is 18.8. The number of halogens is 3. The van der Waals surface area contributed by atoms with Gasteiger partial charge in [0.15, 0.2) is 17.5 Å². The van der Waals surface area contributed by atoms with E-state index in [1.165, 1.54) is 21.3 Å². The van der Waals surface area contributed by atoms with Gasteiger partial charge in [-0.05, 0) is 38.5 Å². The minimum Gasteiger partial charge on any atom is -0.493 e. The molecule has 0 aliphatic carbocycles. The molecule has 8 nitrogen and oxygen atoms in total. The van der Waals surface area contributed by atoms with E-state index in [4.69, 9.17) is 14.2 Å².